The molecule has 2 N–H and O–H groups in total. The number of hydrogen-bond donors (Lipinski definition) is 2. The Bertz CT molecular complexity index is 404. The van der Waals surface area contributed by atoms with Crippen molar-refractivity contribution in [2.45, 2.75) is 25.7 Å². The maximum atomic E-state index is 12.4. The number of alkyl halides is 3. The van der Waals surface area contributed by atoms with Crippen LogP contribution in [-0.2, 0) is 17.5 Å². The molecule has 0 spiro atoms. The monoisotopic (exact) mass is 247 g/mol. The van der Waals surface area contributed by atoms with Gasteiger partial charge in [0.25, 0.3) is 0 Å². The molecule has 1 atom stereocenters. The van der Waals surface area contributed by atoms with E-state index in [2.05, 4.69) is 5.32 Å². The molecule has 17 heavy (non-hydrogen) atoms. The zero-order valence-corrected chi connectivity index (χ0v) is 9.08. The van der Waals surface area contributed by atoms with Crippen molar-refractivity contribution in [3.05, 3.63) is 35.4 Å². The standard InChI is InChI=1S/C11H12F3NO2/c1-7(10(16)17)15-6-8-3-2-4-9(5-8)11(12,13)14/h2-5,7,15H,6H2,1H3,(H,16,17). The Labute approximate surface area is 96.3 Å². The summed E-state index contributed by atoms with van der Waals surface area (Å²) in [6.07, 6.45) is -4.38. The van der Waals surface area contributed by atoms with Gasteiger partial charge in [0.15, 0.2) is 0 Å². The molecular weight excluding hydrogens is 235 g/mol. The van der Waals surface area contributed by atoms with Gasteiger partial charge in [-0.05, 0) is 18.6 Å². The molecule has 0 aliphatic heterocycles. The van der Waals surface area contributed by atoms with Crippen molar-refractivity contribution in [1.82, 2.24) is 5.32 Å². The Kier molecular flexibility index (Phi) is 4.11. The summed E-state index contributed by atoms with van der Waals surface area (Å²) in [4.78, 5) is 10.5. The van der Waals surface area contributed by atoms with E-state index >= 15 is 0 Å². The molecule has 1 rings (SSSR count). The van der Waals surface area contributed by atoms with Crippen LogP contribution in [0.4, 0.5) is 13.2 Å². The summed E-state index contributed by atoms with van der Waals surface area (Å²) >= 11 is 0. The van der Waals surface area contributed by atoms with Gasteiger partial charge in [0.05, 0.1) is 5.56 Å². The third-order valence-electron chi connectivity index (χ3n) is 2.24. The fourth-order valence-electron chi connectivity index (χ4n) is 1.22. The highest BCUT2D eigenvalue weighted by Gasteiger charge is 2.30. The summed E-state index contributed by atoms with van der Waals surface area (Å²) in [7, 11) is 0. The van der Waals surface area contributed by atoms with Crippen molar-refractivity contribution in [3.8, 4) is 0 Å². The first-order valence-electron chi connectivity index (χ1n) is 4.93. The molecule has 1 unspecified atom stereocenters. The van der Waals surface area contributed by atoms with Gasteiger partial charge in [-0.15, -0.1) is 0 Å². The van der Waals surface area contributed by atoms with Gasteiger partial charge in [0.2, 0.25) is 0 Å². The minimum Gasteiger partial charge on any atom is -0.480 e. The molecule has 0 bridgehead atoms. The lowest BCUT2D eigenvalue weighted by Gasteiger charge is -2.11. The minimum atomic E-state index is -4.38. The summed E-state index contributed by atoms with van der Waals surface area (Å²) in [5, 5.41) is 11.2. The minimum absolute atomic E-state index is 0.0807. The average molecular weight is 247 g/mol. The highest BCUT2D eigenvalue weighted by atomic mass is 19.4. The molecule has 0 heterocycles. The van der Waals surface area contributed by atoms with E-state index in [0.29, 0.717) is 5.56 Å². The Morgan fingerprint density at radius 2 is 2.12 bits per heavy atom. The lowest BCUT2D eigenvalue weighted by molar-refractivity contribution is -0.139. The summed E-state index contributed by atoms with van der Waals surface area (Å²) in [6.45, 7) is 1.51. The van der Waals surface area contributed by atoms with E-state index in [-0.39, 0.29) is 6.54 Å². The zero-order chi connectivity index (χ0) is 13.1. The third kappa shape index (κ3) is 4.07. The van der Waals surface area contributed by atoms with Crippen LogP contribution >= 0.6 is 0 Å². The number of hydrogen-bond acceptors (Lipinski definition) is 2. The number of rotatable bonds is 4. The van der Waals surface area contributed by atoms with Crippen molar-refractivity contribution in [2.75, 3.05) is 0 Å². The summed E-state index contributed by atoms with van der Waals surface area (Å²) < 4.78 is 37.1. The number of nitrogens with one attached hydrogen (secondary N) is 1. The first-order valence-corrected chi connectivity index (χ1v) is 4.93. The van der Waals surface area contributed by atoms with Crippen molar-refractivity contribution < 1.29 is 23.1 Å². The number of aliphatic carboxylic acids is 1. The lowest BCUT2D eigenvalue weighted by Crippen LogP contribution is -2.33. The van der Waals surface area contributed by atoms with Gasteiger partial charge in [0.1, 0.15) is 6.04 Å². The molecule has 0 aliphatic carbocycles. The molecule has 3 nitrogen and oxygen atoms in total. The van der Waals surface area contributed by atoms with Gasteiger partial charge in [-0.25, -0.2) is 0 Å². The fraction of sp³-hybridized carbons (Fsp3) is 0.364. The Balaban J connectivity index is 2.70. The van der Waals surface area contributed by atoms with E-state index in [1.165, 1.54) is 19.1 Å². The van der Waals surface area contributed by atoms with Gasteiger partial charge >= 0.3 is 12.1 Å². The van der Waals surface area contributed by atoms with E-state index in [1.807, 2.05) is 0 Å². The summed E-state index contributed by atoms with van der Waals surface area (Å²) in [5.41, 5.74) is -0.340. The van der Waals surface area contributed by atoms with Crippen LogP contribution in [0.15, 0.2) is 24.3 Å². The number of carboxylic acids is 1. The SMILES string of the molecule is CC(NCc1cccc(C(F)(F)F)c1)C(=O)O. The number of carbonyl (C=O) groups is 1. The number of halogens is 3. The summed E-state index contributed by atoms with van der Waals surface area (Å²) in [6, 6.07) is 3.98. The van der Waals surface area contributed by atoms with Crippen LogP contribution < -0.4 is 5.32 Å². The molecule has 0 saturated heterocycles. The second-order valence-electron chi connectivity index (χ2n) is 3.64. The van der Waals surface area contributed by atoms with Gasteiger partial charge in [-0.2, -0.15) is 13.2 Å². The second-order valence-corrected chi connectivity index (χ2v) is 3.64. The Morgan fingerprint density at radius 1 is 1.47 bits per heavy atom. The molecular formula is C11H12F3NO2. The fourth-order valence-corrected chi connectivity index (χ4v) is 1.22. The second kappa shape index (κ2) is 5.18. The molecule has 1 aromatic rings. The topological polar surface area (TPSA) is 49.3 Å². The van der Waals surface area contributed by atoms with Crippen molar-refractivity contribution >= 4 is 5.97 Å². The van der Waals surface area contributed by atoms with E-state index < -0.39 is 23.8 Å². The van der Waals surface area contributed by atoms with Crippen LogP contribution in [0.25, 0.3) is 0 Å². The third-order valence-corrected chi connectivity index (χ3v) is 2.24. The van der Waals surface area contributed by atoms with Crippen LogP contribution in [0.5, 0.6) is 0 Å². The van der Waals surface area contributed by atoms with Crippen LogP contribution in [0.2, 0.25) is 0 Å². The van der Waals surface area contributed by atoms with E-state index in [4.69, 9.17) is 5.11 Å². The molecule has 6 heteroatoms. The largest absolute Gasteiger partial charge is 0.480 e. The maximum absolute atomic E-state index is 12.4. The van der Waals surface area contributed by atoms with Crippen molar-refractivity contribution in [2.24, 2.45) is 0 Å². The molecule has 1 aromatic carbocycles. The van der Waals surface area contributed by atoms with Gasteiger partial charge < -0.3 is 10.4 Å². The van der Waals surface area contributed by atoms with Crippen LogP contribution in [0.3, 0.4) is 0 Å². The van der Waals surface area contributed by atoms with Crippen LogP contribution in [0.1, 0.15) is 18.1 Å². The molecule has 94 valence electrons. The quantitative estimate of drug-likeness (QED) is 0.858. The number of benzene rings is 1. The van der Waals surface area contributed by atoms with Crippen LogP contribution in [0, 0.1) is 0 Å². The highest BCUT2D eigenvalue weighted by Crippen LogP contribution is 2.29. The molecule has 0 aromatic heterocycles. The molecule has 0 saturated carbocycles. The van der Waals surface area contributed by atoms with E-state index in [1.54, 1.807) is 0 Å². The van der Waals surface area contributed by atoms with Crippen molar-refractivity contribution in [3.63, 3.8) is 0 Å². The average Bonchev–Trinajstić information content (AvgIpc) is 2.25. The highest BCUT2D eigenvalue weighted by molar-refractivity contribution is 5.72. The van der Waals surface area contributed by atoms with E-state index in [9.17, 15) is 18.0 Å². The lowest BCUT2D eigenvalue weighted by atomic mass is 10.1. The Morgan fingerprint density at radius 3 is 2.65 bits per heavy atom. The first kappa shape index (κ1) is 13.5. The van der Waals surface area contributed by atoms with Crippen LogP contribution in [-0.4, -0.2) is 17.1 Å². The molecule has 0 radical (unpaired) electrons. The maximum Gasteiger partial charge on any atom is 0.416 e. The predicted molar refractivity (Wildman–Crippen MR) is 55.4 cm³/mol. The normalized spacial score (nSPS) is 13.4. The first-order chi connectivity index (χ1) is 7.80. The molecule has 0 fully saturated rings. The van der Waals surface area contributed by atoms with Crippen molar-refractivity contribution in [1.29, 1.82) is 0 Å². The summed E-state index contributed by atoms with van der Waals surface area (Å²) in [5.74, 6) is -1.04. The zero-order valence-electron chi connectivity index (χ0n) is 9.08. The van der Waals surface area contributed by atoms with E-state index in [0.717, 1.165) is 12.1 Å². The van der Waals surface area contributed by atoms with Gasteiger partial charge in [0, 0.05) is 6.54 Å². The molecule has 0 amide bonds. The predicted octanol–water partition coefficient (Wildman–Crippen LogP) is 2.27. The van der Waals surface area contributed by atoms with Gasteiger partial charge in [-0.3, -0.25) is 4.79 Å². The molecule has 0 aliphatic rings. The van der Waals surface area contributed by atoms with Gasteiger partial charge in [-0.1, -0.05) is 18.2 Å². The number of carboxylic acid groups (broad SMARTS) is 1. The smallest absolute Gasteiger partial charge is 0.416 e. The Hall–Kier alpha value is -1.56.